The molecule has 1 aliphatic rings. The Morgan fingerprint density at radius 3 is 3.00 bits per heavy atom. The first-order valence-electron chi connectivity index (χ1n) is 4.17. The number of nitrogens with zero attached hydrogens (tertiary/aromatic N) is 2. The Kier molecular flexibility index (Phi) is 1.85. The number of amides is 1. The minimum absolute atomic E-state index is 0.0775. The van der Waals surface area contributed by atoms with Gasteiger partial charge in [0.25, 0.3) is 0 Å². The highest BCUT2D eigenvalue weighted by atomic mass is 16.2. The molecule has 0 unspecified atom stereocenters. The summed E-state index contributed by atoms with van der Waals surface area (Å²) < 4.78 is 0. The van der Waals surface area contributed by atoms with Crippen LogP contribution in [0.4, 0.5) is 11.4 Å². The molecule has 1 aromatic rings. The quantitative estimate of drug-likeness (QED) is 0.589. The van der Waals surface area contributed by atoms with Crippen molar-refractivity contribution < 1.29 is 4.79 Å². The highest BCUT2D eigenvalue weighted by Gasteiger charge is 2.15. The van der Waals surface area contributed by atoms with Gasteiger partial charge in [-0.1, -0.05) is 12.1 Å². The second-order valence-corrected chi connectivity index (χ2v) is 2.96. The molecule has 0 N–H and O–H groups in total. The third-order valence-corrected chi connectivity index (χ3v) is 2.11. The zero-order valence-electron chi connectivity index (χ0n) is 7.40. The van der Waals surface area contributed by atoms with E-state index in [2.05, 4.69) is 4.99 Å². The average molecular weight is 174 g/mol. The number of fused-ring (bicyclic) bond motifs is 1. The van der Waals surface area contributed by atoms with E-state index in [1.165, 1.54) is 0 Å². The number of rotatable bonds is 0. The van der Waals surface area contributed by atoms with Crippen molar-refractivity contribution in [3.05, 3.63) is 24.3 Å². The summed E-state index contributed by atoms with van der Waals surface area (Å²) >= 11 is 0. The van der Waals surface area contributed by atoms with Gasteiger partial charge in [0.1, 0.15) is 0 Å². The highest BCUT2D eigenvalue weighted by Crippen LogP contribution is 2.28. The van der Waals surface area contributed by atoms with E-state index in [9.17, 15) is 4.79 Å². The van der Waals surface area contributed by atoms with E-state index in [0.717, 1.165) is 11.4 Å². The van der Waals surface area contributed by atoms with Crippen LogP contribution < -0.4 is 4.90 Å². The second-order valence-electron chi connectivity index (χ2n) is 2.96. The zero-order chi connectivity index (χ0) is 9.26. The summed E-state index contributed by atoms with van der Waals surface area (Å²) in [4.78, 5) is 17.3. The Bertz CT molecular complexity index is 371. The van der Waals surface area contributed by atoms with E-state index in [1.54, 1.807) is 18.2 Å². The minimum Gasteiger partial charge on any atom is -0.313 e. The standard InChI is InChI=1S/C10H10N2O/c1-12-9-5-3-2-4-8(9)11-7-6-10(12)13/h2-5,7H,6H2,1H3. The van der Waals surface area contributed by atoms with Crippen LogP contribution in [0.3, 0.4) is 0 Å². The molecule has 1 heterocycles. The molecular formula is C10H10N2O. The smallest absolute Gasteiger partial charge is 0.232 e. The van der Waals surface area contributed by atoms with Gasteiger partial charge in [-0.05, 0) is 12.1 Å². The molecule has 0 saturated carbocycles. The Morgan fingerprint density at radius 2 is 2.15 bits per heavy atom. The molecule has 0 spiro atoms. The Hall–Kier alpha value is -1.64. The minimum atomic E-state index is 0.0775. The van der Waals surface area contributed by atoms with Crippen molar-refractivity contribution in [1.29, 1.82) is 0 Å². The summed E-state index contributed by atoms with van der Waals surface area (Å²) in [7, 11) is 1.77. The monoisotopic (exact) mass is 174 g/mol. The average Bonchev–Trinajstić information content (AvgIpc) is 2.29. The van der Waals surface area contributed by atoms with E-state index in [-0.39, 0.29) is 5.91 Å². The van der Waals surface area contributed by atoms with Crippen molar-refractivity contribution in [1.82, 2.24) is 0 Å². The summed E-state index contributed by atoms with van der Waals surface area (Å²) in [6, 6.07) is 7.63. The molecule has 0 bridgehead atoms. The van der Waals surface area contributed by atoms with Crippen LogP contribution in [0.15, 0.2) is 29.3 Å². The molecule has 1 amide bonds. The van der Waals surface area contributed by atoms with Gasteiger partial charge in [0.2, 0.25) is 5.91 Å². The van der Waals surface area contributed by atoms with Crippen LogP contribution >= 0.6 is 0 Å². The molecule has 0 aromatic heterocycles. The lowest BCUT2D eigenvalue weighted by molar-refractivity contribution is -0.117. The van der Waals surface area contributed by atoms with Crippen LogP contribution in [0.25, 0.3) is 0 Å². The maximum absolute atomic E-state index is 11.4. The molecule has 1 aliphatic heterocycles. The number of benzene rings is 1. The van der Waals surface area contributed by atoms with Gasteiger partial charge in [-0.25, -0.2) is 0 Å². The van der Waals surface area contributed by atoms with Crippen molar-refractivity contribution in [3.63, 3.8) is 0 Å². The number of hydrogen-bond donors (Lipinski definition) is 0. The van der Waals surface area contributed by atoms with Crippen LogP contribution in [0.2, 0.25) is 0 Å². The fraction of sp³-hybridized carbons (Fsp3) is 0.200. The predicted octanol–water partition coefficient (Wildman–Crippen LogP) is 1.76. The van der Waals surface area contributed by atoms with Crippen molar-refractivity contribution in [2.75, 3.05) is 11.9 Å². The van der Waals surface area contributed by atoms with Crippen LogP contribution in [0.5, 0.6) is 0 Å². The van der Waals surface area contributed by atoms with E-state index < -0.39 is 0 Å². The second kappa shape index (κ2) is 3.01. The maximum Gasteiger partial charge on any atom is 0.232 e. The normalized spacial score (nSPS) is 15.5. The Morgan fingerprint density at radius 1 is 1.38 bits per heavy atom. The fourth-order valence-corrected chi connectivity index (χ4v) is 1.35. The van der Waals surface area contributed by atoms with Gasteiger partial charge in [0.05, 0.1) is 17.8 Å². The topological polar surface area (TPSA) is 32.7 Å². The van der Waals surface area contributed by atoms with Gasteiger partial charge >= 0.3 is 0 Å². The first-order chi connectivity index (χ1) is 6.29. The largest absolute Gasteiger partial charge is 0.313 e. The van der Waals surface area contributed by atoms with Crippen LogP contribution in [0.1, 0.15) is 6.42 Å². The molecule has 0 radical (unpaired) electrons. The summed E-state index contributed by atoms with van der Waals surface area (Å²) in [5.74, 6) is 0.0775. The molecule has 66 valence electrons. The third-order valence-electron chi connectivity index (χ3n) is 2.11. The van der Waals surface area contributed by atoms with Gasteiger partial charge < -0.3 is 4.90 Å². The van der Waals surface area contributed by atoms with Crippen molar-refractivity contribution >= 4 is 23.5 Å². The zero-order valence-corrected chi connectivity index (χ0v) is 7.40. The first kappa shape index (κ1) is 7.98. The van der Waals surface area contributed by atoms with E-state index in [0.29, 0.717) is 6.42 Å². The molecule has 0 atom stereocenters. The number of aliphatic imine (C=N–C) groups is 1. The first-order valence-corrected chi connectivity index (χ1v) is 4.17. The summed E-state index contributed by atoms with van der Waals surface area (Å²) in [6.07, 6.45) is 2.04. The lowest BCUT2D eigenvalue weighted by Gasteiger charge is -2.15. The molecule has 1 aromatic carbocycles. The number of hydrogen-bond acceptors (Lipinski definition) is 2. The van der Waals surface area contributed by atoms with Gasteiger partial charge in [-0.3, -0.25) is 9.79 Å². The Labute approximate surface area is 76.7 Å². The lowest BCUT2D eigenvalue weighted by atomic mass is 10.2. The van der Waals surface area contributed by atoms with Crippen LogP contribution in [-0.4, -0.2) is 19.2 Å². The number of carbonyl (C=O) groups is 1. The molecule has 3 heteroatoms. The molecule has 3 nitrogen and oxygen atoms in total. The van der Waals surface area contributed by atoms with Gasteiger partial charge in [0, 0.05) is 13.3 Å². The van der Waals surface area contributed by atoms with Gasteiger partial charge in [-0.15, -0.1) is 0 Å². The SMILES string of the molecule is CN1C(=O)CC=Nc2ccccc21. The molecule has 2 rings (SSSR count). The third kappa shape index (κ3) is 1.33. The van der Waals surface area contributed by atoms with Gasteiger partial charge in [0.15, 0.2) is 0 Å². The Balaban J connectivity index is 2.54. The molecule has 13 heavy (non-hydrogen) atoms. The van der Waals surface area contributed by atoms with Crippen LogP contribution in [0, 0.1) is 0 Å². The highest BCUT2D eigenvalue weighted by molar-refractivity contribution is 6.04. The molecular weight excluding hydrogens is 164 g/mol. The fourth-order valence-electron chi connectivity index (χ4n) is 1.35. The predicted molar refractivity (Wildman–Crippen MR) is 52.6 cm³/mol. The summed E-state index contributed by atoms with van der Waals surface area (Å²) in [6.45, 7) is 0. The van der Waals surface area contributed by atoms with Crippen molar-refractivity contribution in [3.8, 4) is 0 Å². The maximum atomic E-state index is 11.4. The van der Waals surface area contributed by atoms with Crippen molar-refractivity contribution in [2.45, 2.75) is 6.42 Å². The number of para-hydroxylation sites is 2. The van der Waals surface area contributed by atoms with Crippen molar-refractivity contribution in [2.24, 2.45) is 4.99 Å². The van der Waals surface area contributed by atoms with Crippen LogP contribution in [-0.2, 0) is 4.79 Å². The molecule has 0 saturated heterocycles. The molecule has 0 aliphatic carbocycles. The summed E-state index contributed by atoms with van der Waals surface area (Å²) in [5.41, 5.74) is 1.73. The molecule has 0 fully saturated rings. The van der Waals surface area contributed by atoms with E-state index >= 15 is 0 Å². The lowest BCUT2D eigenvalue weighted by Crippen LogP contribution is -2.25. The number of carbonyl (C=O) groups excluding carboxylic acids is 1. The van der Waals surface area contributed by atoms with Gasteiger partial charge in [-0.2, -0.15) is 0 Å². The van der Waals surface area contributed by atoms with E-state index in [1.807, 2.05) is 24.3 Å². The van der Waals surface area contributed by atoms with E-state index in [4.69, 9.17) is 0 Å². The summed E-state index contributed by atoms with van der Waals surface area (Å²) in [5, 5.41) is 0. The number of anilines is 1.